The van der Waals surface area contributed by atoms with Crippen molar-refractivity contribution >= 4 is 11.6 Å². The van der Waals surface area contributed by atoms with Gasteiger partial charge in [-0.2, -0.15) is 0 Å². The molecule has 0 saturated carbocycles. The van der Waals surface area contributed by atoms with Crippen molar-refractivity contribution in [3.63, 3.8) is 0 Å². The number of nitrogens with one attached hydrogen (secondary N) is 1. The van der Waals surface area contributed by atoms with Crippen LogP contribution in [0.3, 0.4) is 0 Å². The molecule has 1 unspecified atom stereocenters. The summed E-state index contributed by atoms with van der Waals surface area (Å²) in [4.78, 5) is 15.8. The van der Waals surface area contributed by atoms with Crippen molar-refractivity contribution < 1.29 is 14.3 Å². The molecule has 1 aliphatic rings. The van der Waals surface area contributed by atoms with Gasteiger partial charge in [-0.05, 0) is 6.42 Å². The van der Waals surface area contributed by atoms with E-state index in [0.717, 1.165) is 6.42 Å². The molecule has 0 radical (unpaired) electrons. The van der Waals surface area contributed by atoms with Crippen LogP contribution in [0, 0.1) is 5.92 Å². The van der Waals surface area contributed by atoms with E-state index < -0.39 is 0 Å². The lowest BCUT2D eigenvalue weighted by molar-refractivity contribution is -0.119. The highest BCUT2D eigenvalue weighted by atomic mass is 16.5. The Hall–Kier alpha value is -1.62. The van der Waals surface area contributed by atoms with Crippen LogP contribution in [0.15, 0.2) is 18.5 Å². The smallest absolute Gasteiger partial charge is 0.230 e. The predicted molar refractivity (Wildman–Crippen MR) is 58.3 cm³/mol. The normalized spacial score (nSPS) is 19.4. The van der Waals surface area contributed by atoms with Crippen molar-refractivity contribution in [1.82, 2.24) is 4.98 Å². The summed E-state index contributed by atoms with van der Waals surface area (Å²) in [5.41, 5.74) is 0.599. The van der Waals surface area contributed by atoms with E-state index in [0.29, 0.717) is 24.7 Å². The fourth-order valence-electron chi connectivity index (χ4n) is 1.63. The van der Waals surface area contributed by atoms with Gasteiger partial charge in [0.1, 0.15) is 11.4 Å². The topological polar surface area (TPSA) is 60.5 Å². The SMILES string of the molecule is COc1ccncc1NC(=O)C1CCOC1. The van der Waals surface area contributed by atoms with Crippen LogP contribution in [-0.4, -0.2) is 31.2 Å². The molecule has 1 fully saturated rings. The molecular formula is C11H14N2O3. The quantitative estimate of drug-likeness (QED) is 0.830. The molecule has 5 heteroatoms. The van der Waals surface area contributed by atoms with E-state index in [-0.39, 0.29) is 11.8 Å². The largest absolute Gasteiger partial charge is 0.494 e. The number of carbonyl (C=O) groups excluding carboxylic acids is 1. The van der Waals surface area contributed by atoms with E-state index in [4.69, 9.17) is 9.47 Å². The fraction of sp³-hybridized carbons (Fsp3) is 0.455. The van der Waals surface area contributed by atoms with Gasteiger partial charge in [0.25, 0.3) is 0 Å². The molecule has 1 aliphatic heterocycles. The van der Waals surface area contributed by atoms with Gasteiger partial charge in [0, 0.05) is 18.9 Å². The Morgan fingerprint density at radius 3 is 3.25 bits per heavy atom. The predicted octanol–water partition coefficient (Wildman–Crippen LogP) is 1.07. The minimum absolute atomic E-state index is 0.0381. The molecule has 1 aromatic heterocycles. The number of nitrogens with zero attached hydrogens (tertiary/aromatic N) is 1. The van der Waals surface area contributed by atoms with Gasteiger partial charge < -0.3 is 14.8 Å². The first-order valence-corrected chi connectivity index (χ1v) is 5.18. The summed E-state index contributed by atoms with van der Waals surface area (Å²) in [5.74, 6) is 0.510. The zero-order chi connectivity index (χ0) is 11.4. The van der Waals surface area contributed by atoms with Crippen LogP contribution in [0.4, 0.5) is 5.69 Å². The Morgan fingerprint density at radius 1 is 1.69 bits per heavy atom. The Morgan fingerprint density at radius 2 is 2.56 bits per heavy atom. The summed E-state index contributed by atoms with van der Waals surface area (Å²) in [5, 5.41) is 2.80. The number of carbonyl (C=O) groups is 1. The van der Waals surface area contributed by atoms with Crippen LogP contribution in [0.1, 0.15) is 6.42 Å². The maximum Gasteiger partial charge on any atom is 0.230 e. The minimum Gasteiger partial charge on any atom is -0.494 e. The van der Waals surface area contributed by atoms with Crippen LogP contribution in [0.2, 0.25) is 0 Å². The molecule has 5 nitrogen and oxygen atoms in total. The minimum atomic E-state index is -0.0649. The summed E-state index contributed by atoms with van der Waals surface area (Å²) in [6.45, 7) is 1.15. The summed E-state index contributed by atoms with van der Waals surface area (Å²) >= 11 is 0. The number of pyridine rings is 1. The third-order valence-corrected chi connectivity index (χ3v) is 2.56. The summed E-state index contributed by atoms with van der Waals surface area (Å²) in [7, 11) is 1.56. The number of hydrogen-bond donors (Lipinski definition) is 1. The molecule has 16 heavy (non-hydrogen) atoms. The molecule has 1 aromatic rings. The highest BCUT2D eigenvalue weighted by molar-refractivity contribution is 5.93. The van der Waals surface area contributed by atoms with Crippen LogP contribution in [0.5, 0.6) is 5.75 Å². The lowest BCUT2D eigenvalue weighted by Gasteiger charge is -2.11. The Bertz CT molecular complexity index is 375. The molecule has 1 amide bonds. The first-order chi connectivity index (χ1) is 7.81. The third-order valence-electron chi connectivity index (χ3n) is 2.56. The Balaban J connectivity index is 2.05. The molecule has 0 aliphatic carbocycles. The van der Waals surface area contributed by atoms with E-state index >= 15 is 0 Å². The van der Waals surface area contributed by atoms with Crippen molar-refractivity contribution in [1.29, 1.82) is 0 Å². The molecular weight excluding hydrogens is 208 g/mol. The van der Waals surface area contributed by atoms with Crippen molar-refractivity contribution in [3.05, 3.63) is 18.5 Å². The fourth-order valence-corrected chi connectivity index (χ4v) is 1.63. The van der Waals surface area contributed by atoms with Gasteiger partial charge in [-0.25, -0.2) is 0 Å². The number of anilines is 1. The van der Waals surface area contributed by atoms with Gasteiger partial charge in [0.15, 0.2) is 0 Å². The van der Waals surface area contributed by atoms with Crippen molar-refractivity contribution in [3.8, 4) is 5.75 Å². The lowest BCUT2D eigenvalue weighted by Crippen LogP contribution is -2.23. The zero-order valence-electron chi connectivity index (χ0n) is 9.10. The molecule has 2 rings (SSSR count). The van der Waals surface area contributed by atoms with Gasteiger partial charge in [0.05, 0.1) is 25.8 Å². The maximum atomic E-state index is 11.8. The molecule has 0 bridgehead atoms. The average molecular weight is 222 g/mol. The molecule has 0 aromatic carbocycles. The molecule has 0 spiro atoms. The molecule has 1 saturated heterocycles. The maximum absolute atomic E-state index is 11.8. The van der Waals surface area contributed by atoms with E-state index in [2.05, 4.69) is 10.3 Å². The second-order valence-corrected chi connectivity index (χ2v) is 3.63. The summed E-state index contributed by atoms with van der Waals surface area (Å²) in [6.07, 6.45) is 3.97. The number of rotatable bonds is 3. The number of hydrogen-bond acceptors (Lipinski definition) is 4. The van der Waals surface area contributed by atoms with Gasteiger partial charge in [-0.1, -0.05) is 0 Å². The second-order valence-electron chi connectivity index (χ2n) is 3.63. The van der Waals surface area contributed by atoms with Gasteiger partial charge in [-0.3, -0.25) is 9.78 Å². The first kappa shape index (κ1) is 10.9. The van der Waals surface area contributed by atoms with Gasteiger partial charge in [0.2, 0.25) is 5.91 Å². The molecule has 2 heterocycles. The number of methoxy groups -OCH3 is 1. The summed E-state index contributed by atoms with van der Waals surface area (Å²) in [6, 6.07) is 1.71. The van der Waals surface area contributed by atoms with E-state index in [1.54, 1.807) is 25.6 Å². The Labute approximate surface area is 93.8 Å². The highest BCUT2D eigenvalue weighted by Gasteiger charge is 2.24. The Kier molecular flexibility index (Phi) is 3.36. The molecule has 86 valence electrons. The molecule has 1 N–H and O–H groups in total. The van der Waals surface area contributed by atoms with Gasteiger partial charge >= 0.3 is 0 Å². The van der Waals surface area contributed by atoms with E-state index in [1.165, 1.54) is 0 Å². The summed E-state index contributed by atoms with van der Waals surface area (Å²) < 4.78 is 10.3. The average Bonchev–Trinajstić information content (AvgIpc) is 2.83. The van der Waals surface area contributed by atoms with Crippen molar-refractivity contribution in [2.75, 3.05) is 25.6 Å². The van der Waals surface area contributed by atoms with E-state index in [9.17, 15) is 4.79 Å². The number of amides is 1. The van der Waals surface area contributed by atoms with Crippen LogP contribution in [-0.2, 0) is 9.53 Å². The lowest BCUT2D eigenvalue weighted by atomic mass is 10.1. The van der Waals surface area contributed by atoms with Crippen LogP contribution >= 0.6 is 0 Å². The van der Waals surface area contributed by atoms with Gasteiger partial charge in [-0.15, -0.1) is 0 Å². The van der Waals surface area contributed by atoms with Crippen molar-refractivity contribution in [2.45, 2.75) is 6.42 Å². The van der Waals surface area contributed by atoms with Crippen molar-refractivity contribution in [2.24, 2.45) is 5.92 Å². The zero-order valence-corrected chi connectivity index (χ0v) is 9.10. The molecule has 1 atom stereocenters. The monoisotopic (exact) mass is 222 g/mol. The van der Waals surface area contributed by atoms with Crippen LogP contribution in [0.25, 0.3) is 0 Å². The highest BCUT2D eigenvalue weighted by Crippen LogP contribution is 2.23. The third kappa shape index (κ3) is 2.30. The standard InChI is InChI=1S/C11H14N2O3/c1-15-10-2-4-12-6-9(10)13-11(14)8-3-5-16-7-8/h2,4,6,8H,3,5,7H2,1H3,(H,13,14). The van der Waals surface area contributed by atoms with E-state index in [1.807, 2.05) is 0 Å². The number of aromatic nitrogens is 1. The first-order valence-electron chi connectivity index (χ1n) is 5.18. The number of ether oxygens (including phenoxy) is 2. The second kappa shape index (κ2) is 4.94. The van der Waals surface area contributed by atoms with Crippen LogP contribution < -0.4 is 10.1 Å².